The second kappa shape index (κ2) is 3.95. The first kappa shape index (κ1) is 10.3. The lowest BCUT2D eigenvalue weighted by molar-refractivity contribution is -0.135. The van der Waals surface area contributed by atoms with Crippen LogP contribution in [0.1, 0.15) is 16.8 Å². The van der Waals surface area contributed by atoms with Gasteiger partial charge >= 0.3 is 5.97 Å². The van der Waals surface area contributed by atoms with Gasteiger partial charge in [0.1, 0.15) is 6.42 Å². The van der Waals surface area contributed by atoms with E-state index in [0.29, 0.717) is 6.07 Å². The van der Waals surface area contributed by atoms with Crippen LogP contribution in [0.2, 0.25) is 0 Å². The molecule has 5 heteroatoms. The highest BCUT2D eigenvalue weighted by atomic mass is 19.2. The molecule has 0 aromatic heterocycles. The van der Waals surface area contributed by atoms with Crippen molar-refractivity contribution in [3.8, 4) is 0 Å². The number of rotatable bonds is 3. The van der Waals surface area contributed by atoms with Gasteiger partial charge in [-0.15, -0.1) is 0 Å². The van der Waals surface area contributed by atoms with E-state index in [4.69, 9.17) is 5.11 Å². The summed E-state index contributed by atoms with van der Waals surface area (Å²) in [7, 11) is 0. The fraction of sp³-hybridized carbons (Fsp3) is 0.111. The summed E-state index contributed by atoms with van der Waals surface area (Å²) in [5.41, 5.74) is -0.147. The Morgan fingerprint density at radius 1 is 1.21 bits per heavy atom. The predicted octanol–water partition coefficient (Wildman–Crippen LogP) is 1.62. The molecular weight excluding hydrogens is 194 g/mol. The van der Waals surface area contributed by atoms with Crippen molar-refractivity contribution < 1.29 is 23.5 Å². The number of halogens is 2. The molecule has 0 aliphatic carbocycles. The Hall–Kier alpha value is -1.78. The minimum atomic E-state index is -1.31. The zero-order valence-electron chi connectivity index (χ0n) is 6.96. The molecule has 74 valence electrons. The maximum Gasteiger partial charge on any atom is 0.311 e. The number of ketones is 1. The van der Waals surface area contributed by atoms with Crippen molar-refractivity contribution in [1.29, 1.82) is 0 Å². The quantitative estimate of drug-likeness (QED) is 0.595. The van der Waals surface area contributed by atoms with E-state index in [1.54, 1.807) is 0 Å². The van der Waals surface area contributed by atoms with Crippen LogP contribution in [0.5, 0.6) is 0 Å². The fourth-order valence-corrected chi connectivity index (χ4v) is 0.909. The normalized spacial score (nSPS) is 9.86. The number of carbonyl (C=O) groups excluding carboxylic acids is 1. The third-order valence-electron chi connectivity index (χ3n) is 1.55. The Kier molecular flexibility index (Phi) is 2.91. The van der Waals surface area contributed by atoms with Gasteiger partial charge in [-0.1, -0.05) is 0 Å². The first-order chi connectivity index (χ1) is 6.50. The van der Waals surface area contributed by atoms with Gasteiger partial charge in [0.2, 0.25) is 0 Å². The first-order valence-corrected chi connectivity index (χ1v) is 3.70. The highest BCUT2D eigenvalue weighted by Crippen LogP contribution is 2.10. The number of carbonyl (C=O) groups is 2. The van der Waals surface area contributed by atoms with E-state index < -0.39 is 29.8 Å². The van der Waals surface area contributed by atoms with Crippen LogP contribution >= 0.6 is 0 Å². The molecule has 0 amide bonds. The number of benzene rings is 1. The zero-order valence-corrected chi connectivity index (χ0v) is 6.96. The molecule has 0 saturated heterocycles. The van der Waals surface area contributed by atoms with Crippen LogP contribution in [0, 0.1) is 11.6 Å². The van der Waals surface area contributed by atoms with Gasteiger partial charge in [-0.2, -0.15) is 0 Å². The van der Waals surface area contributed by atoms with Crippen molar-refractivity contribution in [2.45, 2.75) is 6.42 Å². The molecule has 0 saturated carbocycles. The van der Waals surface area contributed by atoms with E-state index in [2.05, 4.69) is 0 Å². The van der Waals surface area contributed by atoms with Crippen LogP contribution in [0.4, 0.5) is 8.78 Å². The summed E-state index contributed by atoms with van der Waals surface area (Å²) >= 11 is 0. The molecular formula is C9H6F2O3. The number of aliphatic carboxylic acids is 1. The minimum absolute atomic E-state index is 0.147. The molecule has 0 atom stereocenters. The molecule has 0 aliphatic rings. The minimum Gasteiger partial charge on any atom is -0.481 e. The van der Waals surface area contributed by atoms with Gasteiger partial charge in [-0.05, 0) is 18.2 Å². The smallest absolute Gasteiger partial charge is 0.311 e. The molecule has 3 nitrogen and oxygen atoms in total. The highest BCUT2D eigenvalue weighted by Gasteiger charge is 2.12. The maximum absolute atomic E-state index is 12.6. The fourth-order valence-electron chi connectivity index (χ4n) is 0.909. The molecule has 0 heterocycles. The zero-order chi connectivity index (χ0) is 10.7. The lowest BCUT2D eigenvalue weighted by atomic mass is 10.1. The largest absolute Gasteiger partial charge is 0.481 e. The topological polar surface area (TPSA) is 54.4 Å². The molecule has 14 heavy (non-hydrogen) atoms. The Balaban J connectivity index is 2.91. The molecule has 1 aromatic carbocycles. The molecule has 0 unspecified atom stereocenters. The van der Waals surface area contributed by atoms with E-state index in [1.807, 2.05) is 0 Å². The van der Waals surface area contributed by atoms with E-state index in [1.165, 1.54) is 0 Å². The van der Waals surface area contributed by atoms with Crippen molar-refractivity contribution in [2.75, 3.05) is 0 Å². The average molecular weight is 200 g/mol. The first-order valence-electron chi connectivity index (χ1n) is 3.70. The maximum atomic E-state index is 12.6. The van der Waals surface area contributed by atoms with Crippen LogP contribution in [0.3, 0.4) is 0 Å². The summed E-state index contributed by atoms with van der Waals surface area (Å²) in [6, 6.07) is 2.51. The van der Waals surface area contributed by atoms with Crippen molar-refractivity contribution in [1.82, 2.24) is 0 Å². The standard InChI is InChI=1S/C9H6F2O3/c10-6-2-1-5(3-7(6)11)8(12)4-9(13)14/h1-3H,4H2,(H,13,14). The summed E-state index contributed by atoms with van der Waals surface area (Å²) in [6.45, 7) is 0. The second-order valence-corrected chi connectivity index (χ2v) is 2.62. The van der Waals surface area contributed by atoms with Crippen LogP contribution in [-0.2, 0) is 4.79 Å². The predicted molar refractivity (Wildman–Crippen MR) is 42.9 cm³/mol. The van der Waals surface area contributed by atoms with Crippen LogP contribution in [0.25, 0.3) is 0 Å². The third-order valence-corrected chi connectivity index (χ3v) is 1.55. The number of hydrogen-bond acceptors (Lipinski definition) is 2. The summed E-state index contributed by atoms with van der Waals surface area (Å²) < 4.78 is 25.0. The van der Waals surface area contributed by atoms with E-state index in [0.717, 1.165) is 12.1 Å². The highest BCUT2D eigenvalue weighted by molar-refractivity contribution is 6.05. The van der Waals surface area contributed by atoms with Crippen molar-refractivity contribution in [2.24, 2.45) is 0 Å². The monoisotopic (exact) mass is 200 g/mol. The Morgan fingerprint density at radius 3 is 2.36 bits per heavy atom. The van der Waals surface area contributed by atoms with Gasteiger partial charge < -0.3 is 5.11 Å². The third kappa shape index (κ3) is 2.35. The molecule has 0 aliphatic heterocycles. The van der Waals surface area contributed by atoms with E-state index >= 15 is 0 Å². The summed E-state index contributed by atoms with van der Waals surface area (Å²) in [5, 5.41) is 8.28. The lowest BCUT2D eigenvalue weighted by Gasteiger charge is -1.98. The van der Waals surface area contributed by atoms with Gasteiger partial charge in [-0.3, -0.25) is 9.59 Å². The Morgan fingerprint density at radius 2 is 1.86 bits per heavy atom. The van der Waals surface area contributed by atoms with Crippen LogP contribution in [0.15, 0.2) is 18.2 Å². The Bertz CT molecular complexity index is 388. The molecule has 1 N–H and O–H groups in total. The number of carboxylic acid groups (broad SMARTS) is 1. The van der Waals surface area contributed by atoms with E-state index in [9.17, 15) is 18.4 Å². The molecule has 1 aromatic rings. The Labute approximate surface area is 78.0 Å². The molecule has 0 fully saturated rings. The number of carboxylic acids is 1. The number of Topliss-reactive ketones (excluding diaryl/α,β-unsaturated/α-hetero) is 1. The van der Waals surface area contributed by atoms with E-state index in [-0.39, 0.29) is 5.56 Å². The van der Waals surface area contributed by atoms with Crippen molar-refractivity contribution in [3.63, 3.8) is 0 Å². The van der Waals surface area contributed by atoms with Crippen LogP contribution < -0.4 is 0 Å². The van der Waals surface area contributed by atoms with Gasteiger partial charge in [0.25, 0.3) is 0 Å². The summed E-state index contributed by atoms with van der Waals surface area (Å²) in [5.74, 6) is -4.30. The molecule has 0 bridgehead atoms. The molecule has 1 rings (SSSR count). The molecule has 0 spiro atoms. The lowest BCUT2D eigenvalue weighted by Crippen LogP contribution is -2.07. The van der Waals surface area contributed by atoms with Gasteiger partial charge in [0.05, 0.1) is 0 Å². The van der Waals surface area contributed by atoms with Crippen LogP contribution in [-0.4, -0.2) is 16.9 Å². The van der Waals surface area contributed by atoms with Gasteiger partial charge in [0.15, 0.2) is 17.4 Å². The average Bonchev–Trinajstić information content (AvgIpc) is 2.08. The summed E-state index contributed by atoms with van der Waals surface area (Å²) in [4.78, 5) is 21.2. The summed E-state index contributed by atoms with van der Waals surface area (Å²) in [6.07, 6.45) is -0.731. The van der Waals surface area contributed by atoms with Crippen molar-refractivity contribution >= 4 is 11.8 Å². The van der Waals surface area contributed by atoms with Crippen molar-refractivity contribution in [3.05, 3.63) is 35.4 Å². The SMILES string of the molecule is O=C(O)CC(=O)c1ccc(F)c(F)c1. The molecule has 0 radical (unpaired) electrons. The number of hydrogen-bond donors (Lipinski definition) is 1. The van der Waals surface area contributed by atoms with Gasteiger partial charge in [-0.25, -0.2) is 8.78 Å². The second-order valence-electron chi connectivity index (χ2n) is 2.62. The van der Waals surface area contributed by atoms with Gasteiger partial charge in [0, 0.05) is 5.56 Å².